The monoisotopic (exact) mass is 356 g/mol. The summed E-state index contributed by atoms with van der Waals surface area (Å²) in [7, 11) is 0. The molecule has 0 spiro atoms. The SMILES string of the molecule is CC(=O)[C@@H](C(=O)c1ccccc1)[C@@H]1c2ccccc2Oc2ccc(C)cc21. The molecule has 0 amide bonds. The normalized spacial score (nSPS) is 15.9. The molecule has 134 valence electrons. The van der Waals surface area contributed by atoms with Crippen molar-refractivity contribution < 1.29 is 14.3 Å². The Balaban J connectivity index is 1.91. The van der Waals surface area contributed by atoms with Gasteiger partial charge in [-0.1, -0.05) is 66.2 Å². The quantitative estimate of drug-likeness (QED) is 0.469. The third-order valence-electron chi connectivity index (χ3n) is 5.09. The lowest BCUT2D eigenvalue weighted by Gasteiger charge is -2.32. The molecule has 27 heavy (non-hydrogen) atoms. The van der Waals surface area contributed by atoms with Crippen molar-refractivity contribution in [1.29, 1.82) is 0 Å². The van der Waals surface area contributed by atoms with Crippen LogP contribution in [-0.4, -0.2) is 11.6 Å². The van der Waals surface area contributed by atoms with Gasteiger partial charge in [0, 0.05) is 22.6 Å². The minimum absolute atomic E-state index is 0.141. The Morgan fingerprint density at radius 1 is 0.852 bits per heavy atom. The second-order valence-corrected chi connectivity index (χ2v) is 6.98. The van der Waals surface area contributed by atoms with Crippen LogP contribution < -0.4 is 4.74 Å². The number of carbonyl (C=O) groups excluding carboxylic acids is 2. The van der Waals surface area contributed by atoms with Crippen molar-refractivity contribution in [2.24, 2.45) is 5.92 Å². The molecule has 2 atom stereocenters. The number of hydrogen-bond acceptors (Lipinski definition) is 3. The highest BCUT2D eigenvalue weighted by atomic mass is 16.5. The molecule has 0 fully saturated rings. The first kappa shape index (κ1) is 17.2. The van der Waals surface area contributed by atoms with Gasteiger partial charge < -0.3 is 4.74 Å². The summed E-state index contributed by atoms with van der Waals surface area (Å²) in [5.74, 6) is -0.0503. The van der Waals surface area contributed by atoms with Gasteiger partial charge in [-0.2, -0.15) is 0 Å². The lowest BCUT2D eigenvalue weighted by molar-refractivity contribution is -0.119. The van der Waals surface area contributed by atoms with Gasteiger partial charge in [0.1, 0.15) is 17.3 Å². The zero-order valence-corrected chi connectivity index (χ0v) is 15.3. The number of ketones is 2. The van der Waals surface area contributed by atoms with Crippen molar-refractivity contribution in [2.75, 3.05) is 0 Å². The van der Waals surface area contributed by atoms with E-state index < -0.39 is 5.92 Å². The van der Waals surface area contributed by atoms with Crippen molar-refractivity contribution in [3.63, 3.8) is 0 Å². The number of Topliss-reactive ketones (excluding diaryl/α,β-unsaturated/α-hetero) is 2. The summed E-state index contributed by atoms with van der Waals surface area (Å²) >= 11 is 0. The van der Waals surface area contributed by atoms with E-state index in [0.29, 0.717) is 17.1 Å². The molecule has 0 radical (unpaired) electrons. The van der Waals surface area contributed by atoms with Crippen molar-refractivity contribution in [3.8, 4) is 11.5 Å². The van der Waals surface area contributed by atoms with E-state index in [9.17, 15) is 9.59 Å². The Morgan fingerprint density at radius 3 is 2.26 bits per heavy atom. The molecule has 1 aliphatic heterocycles. The number of carbonyl (C=O) groups is 2. The van der Waals surface area contributed by atoms with Crippen LogP contribution >= 0.6 is 0 Å². The largest absolute Gasteiger partial charge is 0.457 e. The summed E-state index contributed by atoms with van der Waals surface area (Å²) in [6, 6.07) is 22.6. The van der Waals surface area contributed by atoms with E-state index in [1.54, 1.807) is 12.1 Å². The molecule has 0 N–H and O–H groups in total. The van der Waals surface area contributed by atoms with Crippen LogP contribution in [0.4, 0.5) is 0 Å². The van der Waals surface area contributed by atoms with E-state index in [4.69, 9.17) is 4.74 Å². The molecule has 0 unspecified atom stereocenters. The van der Waals surface area contributed by atoms with Gasteiger partial charge in [0.25, 0.3) is 0 Å². The summed E-state index contributed by atoms with van der Waals surface area (Å²) in [5, 5.41) is 0. The molecule has 0 aliphatic carbocycles. The van der Waals surface area contributed by atoms with Crippen molar-refractivity contribution in [3.05, 3.63) is 95.1 Å². The second kappa shape index (κ2) is 6.84. The Bertz CT molecular complexity index is 1020. The van der Waals surface area contributed by atoms with Crippen molar-refractivity contribution >= 4 is 11.6 Å². The lowest BCUT2D eigenvalue weighted by atomic mass is 9.73. The molecule has 3 aromatic rings. The van der Waals surface area contributed by atoms with Gasteiger partial charge in [0.2, 0.25) is 0 Å². The first-order valence-corrected chi connectivity index (χ1v) is 9.03. The minimum atomic E-state index is -0.794. The maximum atomic E-state index is 13.3. The molecular formula is C24H20O3. The van der Waals surface area contributed by atoms with Gasteiger partial charge in [0.15, 0.2) is 5.78 Å². The van der Waals surface area contributed by atoms with Crippen LogP contribution in [-0.2, 0) is 4.79 Å². The number of aryl methyl sites for hydroxylation is 1. The van der Waals surface area contributed by atoms with E-state index in [1.807, 2.05) is 67.6 Å². The van der Waals surface area contributed by atoms with Crippen LogP contribution in [0.25, 0.3) is 0 Å². The highest BCUT2D eigenvalue weighted by Gasteiger charge is 2.40. The molecule has 0 saturated carbocycles. The number of para-hydroxylation sites is 1. The Morgan fingerprint density at radius 2 is 1.52 bits per heavy atom. The van der Waals surface area contributed by atoms with E-state index in [-0.39, 0.29) is 17.5 Å². The average molecular weight is 356 g/mol. The summed E-state index contributed by atoms with van der Waals surface area (Å²) in [5.41, 5.74) is 3.38. The van der Waals surface area contributed by atoms with Crippen molar-refractivity contribution in [2.45, 2.75) is 19.8 Å². The van der Waals surface area contributed by atoms with E-state index in [2.05, 4.69) is 0 Å². The van der Waals surface area contributed by atoms with Gasteiger partial charge in [-0.25, -0.2) is 0 Å². The van der Waals surface area contributed by atoms with Gasteiger partial charge >= 0.3 is 0 Å². The number of rotatable bonds is 4. The minimum Gasteiger partial charge on any atom is -0.457 e. The average Bonchev–Trinajstić information content (AvgIpc) is 2.68. The number of hydrogen-bond donors (Lipinski definition) is 0. The van der Waals surface area contributed by atoms with Gasteiger partial charge in [-0.05, 0) is 26.0 Å². The molecule has 3 heteroatoms. The molecule has 1 aliphatic rings. The standard InChI is InChI=1S/C24H20O3/c1-15-12-13-21-19(14-15)23(18-10-6-7-11-20(18)27-21)22(16(2)25)24(26)17-8-4-3-5-9-17/h3-14,22-23H,1-2H3/t22-,23-/m1/s1. The fourth-order valence-corrected chi connectivity index (χ4v) is 3.83. The molecule has 3 aromatic carbocycles. The van der Waals surface area contributed by atoms with Crippen LogP contribution in [0.1, 0.15) is 39.9 Å². The first-order chi connectivity index (χ1) is 13.1. The topological polar surface area (TPSA) is 43.4 Å². The van der Waals surface area contributed by atoms with Crippen molar-refractivity contribution in [1.82, 2.24) is 0 Å². The van der Waals surface area contributed by atoms with Crippen LogP contribution in [0.2, 0.25) is 0 Å². The molecule has 3 nitrogen and oxygen atoms in total. The van der Waals surface area contributed by atoms with E-state index in [1.165, 1.54) is 6.92 Å². The predicted octanol–water partition coefficient (Wildman–Crippen LogP) is 5.32. The predicted molar refractivity (Wildman–Crippen MR) is 104 cm³/mol. The summed E-state index contributed by atoms with van der Waals surface area (Å²) in [6.07, 6.45) is 0. The Labute approximate surface area is 158 Å². The second-order valence-electron chi connectivity index (χ2n) is 6.98. The van der Waals surface area contributed by atoms with Crippen LogP contribution in [0.15, 0.2) is 72.8 Å². The lowest BCUT2D eigenvalue weighted by Crippen LogP contribution is -2.31. The van der Waals surface area contributed by atoms with Crippen LogP contribution in [0.3, 0.4) is 0 Å². The third-order valence-corrected chi connectivity index (χ3v) is 5.09. The fourth-order valence-electron chi connectivity index (χ4n) is 3.83. The molecule has 4 rings (SSSR count). The van der Waals surface area contributed by atoms with Gasteiger partial charge in [0.05, 0.1) is 5.92 Å². The maximum absolute atomic E-state index is 13.3. The molecule has 1 heterocycles. The number of fused-ring (bicyclic) bond motifs is 2. The smallest absolute Gasteiger partial charge is 0.174 e. The van der Waals surface area contributed by atoms with Gasteiger partial charge in [-0.3, -0.25) is 9.59 Å². The number of ether oxygens (including phenoxy) is 1. The third kappa shape index (κ3) is 3.06. The molecule has 0 saturated heterocycles. The van der Waals surface area contributed by atoms with Crippen LogP contribution in [0, 0.1) is 12.8 Å². The summed E-state index contributed by atoms with van der Waals surface area (Å²) in [6.45, 7) is 3.50. The Hall–Kier alpha value is -3.20. The number of benzene rings is 3. The molecule has 0 bridgehead atoms. The zero-order chi connectivity index (χ0) is 19.0. The summed E-state index contributed by atoms with van der Waals surface area (Å²) in [4.78, 5) is 26.0. The molecular weight excluding hydrogens is 336 g/mol. The van der Waals surface area contributed by atoms with E-state index >= 15 is 0 Å². The highest BCUT2D eigenvalue weighted by Crippen LogP contribution is 2.48. The maximum Gasteiger partial charge on any atom is 0.174 e. The summed E-state index contributed by atoms with van der Waals surface area (Å²) < 4.78 is 6.06. The fraction of sp³-hybridized carbons (Fsp3) is 0.167. The first-order valence-electron chi connectivity index (χ1n) is 9.03. The Kier molecular flexibility index (Phi) is 4.36. The van der Waals surface area contributed by atoms with E-state index in [0.717, 1.165) is 16.7 Å². The zero-order valence-electron chi connectivity index (χ0n) is 15.3. The molecule has 0 aromatic heterocycles. The highest BCUT2D eigenvalue weighted by molar-refractivity contribution is 6.11. The van der Waals surface area contributed by atoms with Crippen LogP contribution in [0.5, 0.6) is 11.5 Å². The van der Waals surface area contributed by atoms with Gasteiger partial charge in [-0.15, -0.1) is 0 Å².